The van der Waals surface area contributed by atoms with Crippen molar-refractivity contribution in [1.29, 1.82) is 0 Å². The van der Waals surface area contributed by atoms with Crippen LogP contribution in [-0.4, -0.2) is 28.5 Å². The van der Waals surface area contributed by atoms with Gasteiger partial charge in [-0.25, -0.2) is 0 Å². The maximum atomic E-state index is 12.9. The predicted octanol–water partition coefficient (Wildman–Crippen LogP) is 3.74. The van der Waals surface area contributed by atoms with Gasteiger partial charge >= 0.3 is 0 Å². The molecule has 1 aliphatic rings. The van der Waals surface area contributed by atoms with Gasteiger partial charge in [0.25, 0.3) is 5.91 Å². The van der Waals surface area contributed by atoms with Gasteiger partial charge in [-0.1, -0.05) is 32.8 Å². The minimum Gasteiger partial charge on any atom is -0.508 e. The second-order valence-electron chi connectivity index (χ2n) is 6.24. The van der Waals surface area contributed by atoms with Crippen LogP contribution in [0.1, 0.15) is 55.5 Å². The molecule has 2 rings (SSSR count). The molecule has 0 saturated heterocycles. The van der Waals surface area contributed by atoms with E-state index in [9.17, 15) is 9.90 Å². The molecule has 0 spiro atoms. The number of phenolic OH excluding ortho intramolecular Hbond substituents is 1. The first kappa shape index (κ1) is 14.9. The van der Waals surface area contributed by atoms with Crippen molar-refractivity contribution in [3.05, 3.63) is 29.3 Å². The van der Waals surface area contributed by atoms with Crippen LogP contribution in [0.15, 0.2) is 18.2 Å². The van der Waals surface area contributed by atoms with Crippen molar-refractivity contribution >= 4 is 5.91 Å². The van der Waals surface area contributed by atoms with Crippen LogP contribution in [0.5, 0.6) is 5.75 Å². The van der Waals surface area contributed by atoms with Gasteiger partial charge in [-0.15, -0.1) is 0 Å². The SMILES string of the molecule is Cc1c(O)cccc1C(=O)N(CC(C)C)C1CCCC1. The molecule has 1 saturated carbocycles. The summed E-state index contributed by atoms with van der Waals surface area (Å²) < 4.78 is 0. The molecule has 1 aromatic rings. The van der Waals surface area contributed by atoms with Gasteiger partial charge in [0.2, 0.25) is 0 Å². The number of rotatable bonds is 4. The molecular weight excluding hydrogens is 250 g/mol. The number of carbonyl (C=O) groups excluding carboxylic acids is 1. The molecule has 3 nitrogen and oxygen atoms in total. The Bertz CT molecular complexity index is 476. The predicted molar refractivity (Wildman–Crippen MR) is 81.0 cm³/mol. The average molecular weight is 275 g/mol. The van der Waals surface area contributed by atoms with Crippen molar-refractivity contribution in [2.45, 2.75) is 52.5 Å². The Kier molecular flexibility index (Phi) is 4.69. The molecule has 0 aromatic heterocycles. The first-order chi connectivity index (χ1) is 9.50. The number of carbonyl (C=O) groups is 1. The summed E-state index contributed by atoms with van der Waals surface area (Å²) in [7, 11) is 0. The molecule has 0 heterocycles. The van der Waals surface area contributed by atoms with E-state index in [2.05, 4.69) is 13.8 Å². The highest BCUT2D eigenvalue weighted by Crippen LogP contribution is 2.28. The fraction of sp³-hybridized carbons (Fsp3) is 0.588. The zero-order valence-electron chi connectivity index (χ0n) is 12.7. The van der Waals surface area contributed by atoms with Crippen molar-refractivity contribution in [3.8, 4) is 5.75 Å². The van der Waals surface area contributed by atoms with Crippen molar-refractivity contribution in [1.82, 2.24) is 4.90 Å². The summed E-state index contributed by atoms with van der Waals surface area (Å²) in [5, 5.41) is 9.81. The summed E-state index contributed by atoms with van der Waals surface area (Å²) >= 11 is 0. The molecule has 1 N–H and O–H groups in total. The largest absolute Gasteiger partial charge is 0.508 e. The number of phenols is 1. The molecule has 1 amide bonds. The molecule has 20 heavy (non-hydrogen) atoms. The number of nitrogens with zero attached hydrogens (tertiary/aromatic N) is 1. The molecule has 1 aromatic carbocycles. The number of aromatic hydroxyl groups is 1. The van der Waals surface area contributed by atoms with Gasteiger partial charge in [0.05, 0.1) is 0 Å². The topological polar surface area (TPSA) is 40.5 Å². The minimum atomic E-state index is 0.0685. The summed E-state index contributed by atoms with van der Waals surface area (Å²) in [6.45, 7) is 6.89. The van der Waals surface area contributed by atoms with Crippen LogP contribution in [0.3, 0.4) is 0 Å². The van der Waals surface area contributed by atoms with E-state index >= 15 is 0 Å². The molecular formula is C17H25NO2. The smallest absolute Gasteiger partial charge is 0.254 e. The Labute approximate surface area is 121 Å². The zero-order chi connectivity index (χ0) is 14.7. The number of hydrogen-bond donors (Lipinski definition) is 1. The first-order valence-corrected chi connectivity index (χ1v) is 7.60. The Morgan fingerprint density at radius 2 is 2.00 bits per heavy atom. The van der Waals surface area contributed by atoms with Crippen LogP contribution in [-0.2, 0) is 0 Å². The quantitative estimate of drug-likeness (QED) is 0.909. The molecule has 1 fully saturated rings. The van der Waals surface area contributed by atoms with Crippen LogP contribution in [0, 0.1) is 12.8 Å². The fourth-order valence-electron chi connectivity index (χ4n) is 3.02. The van der Waals surface area contributed by atoms with Gasteiger partial charge in [0.15, 0.2) is 0 Å². The Morgan fingerprint density at radius 3 is 2.60 bits per heavy atom. The van der Waals surface area contributed by atoms with Crippen molar-refractivity contribution < 1.29 is 9.90 Å². The third-order valence-electron chi connectivity index (χ3n) is 4.12. The zero-order valence-corrected chi connectivity index (χ0v) is 12.7. The maximum absolute atomic E-state index is 12.9. The van der Waals surface area contributed by atoms with Gasteiger partial charge in [0, 0.05) is 23.7 Å². The van der Waals surface area contributed by atoms with Crippen LogP contribution in [0.25, 0.3) is 0 Å². The number of benzene rings is 1. The van der Waals surface area contributed by atoms with Gasteiger partial charge in [-0.05, 0) is 37.8 Å². The van der Waals surface area contributed by atoms with Gasteiger partial charge in [-0.2, -0.15) is 0 Å². The molecule has 3 heteroatoms. The Morgan fingerprint density at radius 1 is 1.35 bits per heavy atom. The minimum absolute atomic E-state index is 0.0685. The fourth-order valence-corrected chi connectivity index (χ4v) is 3.02. The Balaban J connectivity index is 2.27. The second-order valence-corrected chi connectivity index (χ2v) is 6.24. The van der Waals surface area contributed by atoms with Crippen molar-refractivity contribution in [2.24, 2.45) is 5.92 Å². The van der Waals surface area contributed by atoms with Crippen molar-refractivity contribution in [3.63, 3.8) is 0 Å². The van der Waals surface area contributed by atoms with E-state index in [1.165, 1.54) is 12.8 Å². The first-order valence-electron chi connectivity index (χ1n) is 7.60. The Hall–Kier alpha value is -1.51. The van der Waals surface area contributed by atoms with Crippen LogP contribution >= 0.6 is 0 Å². The van der Waals surface area contributed by atoms with Crippen molar-refractivity contribution in [2.75, 3.05) is 6.54 Å². The van der Waals surface area contributed by atoms with Gasteiger partial charge in [-0.3, -0.25) is 4.79 Å². The molecule has 0 unspecified atom stereocenters. The van der Waals surface area contributed by atoms with Gasteiger partial charge in [0.1, 0.15) is 5.75 Å². The van der Waals surface area contributed by atoms with E-state index in [0.29, 0.717) is 23.1 Å². The molecule has 110 valence electrons. The molecule has 0 aliphatic heterocycles. The molecule has 0 atom stereocenters. The van der Waals surface area contributed by atoms with Crippen LogP contribution < -0.4 is 0 Å². The summed E-state index contributed by atoms with van der Waals surface area (Å²) in [6.07, 6.45) is 4.64. The summed E-state index contributed by atoms with van der Waals surface area (Å²) in [4.78, 5) is 14.9. The lowest BCUT2D eigenvalue weighted by atomic mass is 10.0. The van der Waals surface area contributed by atoms with E-state index < -0.39 is 0 Å². The molecule has 0 radical (unpaired) electrons. The third kappa shape index (κ3) is 3.14. The lowest BCUT2D eigenvalue weighted by Gasteiger charge is -2.31. The van der Waals surface area contributed by atoms with Crippen LogP contribution in [0.2, 0.25) is 0 Å². The monoisotopic (exact) mass is 275 g/mol. The highest BCUT2D eigenvalue weighted by molar-refractivity contribution is 5.96. The third-order valence-corrected chi connectivity index (χ3v) is 4.12. The summed E-state index contributed by atoms with van der Waals surface area (Å²) in [5.74, 6) is 0.725. The highest BCUT2D eigenvalue weighted by Gasteiger charge is 2.28. The maximum Gasteiger partial charge on any atom is 0.254 e. The lowest BCUT2D eigenvalue weighted by molar-refractivity contribution is 0.0654. The van der Waals surface area contributed by atoms with E-state index in [4.69, 9.17) is 0 Å². The number of hydrogen-bond acceptors (Lipinski definition) is 2. The van der Waals surface area contributed by atoms with E-state index in [-0.39, 0.29) is 11.7 Å². The van der Waals surface area contributed by atoms with E-state index in [1.54, 1.807) is 12.1 Å². The molecule has 1 aliphatic carbocycles. The average Bonchev–Trinajstić information content (AvgIpc) is 2.92. The second kappa shape index (κ2) is 6.29. The lowest BCUT2D eigenvalue weighted by Crippen LogP contribution is -2.41. The summed E-state index contributed by atoms with van der Waals surface area (Å²) in [5.41, 5.74) is 1.32. The molecule has 0 bridgehead atoms. The normalized spacial score (nSPS) is 15.8. The standard InChI is InChI=1S/C17H25NO2/c1-12(2)11-18(14-7-4-5-8-14)17(20)15-9-6-10-16(19)13(15)3/h6,9-10,12,14,19H,4-5,7-8,11H2,1-3H3. The summed E-state index contributed by atoms with van der Waals surface area (Å²) in [6, 6.07) is 5.57. The van der Waals surface area contributed by atoms with Crippen LogP contribution in [0.4, 0.5) is 0 Å². The number of amides is 1. The van der Waals surface area contributed by atoms with E-state index in [0.717, 1.165) is 19.4 Å². The van der Waals surface area contributed by atoms with Gasteiger partial charge < -0.3 is 10.0 Å². The highest BCUT2D eigenvalue weighted by atomic mass is 16.3. The van der Waals surface area contributed by atoms with E-state index in [1.807, 2.05) is 17.9 Å².